The molecule has 6 rings (SSSR count). The molecular weight excluding hydrogens is 457 g/mol. The van der Waals surface area contributed by atoms with Crippen LogP contribution in [0.4, 0.5) is 4.39 Å². The Hall–Kier alpha value is -1.67. The summed E-state index contributed by atoms with van der Waals surface area (Å²) >= 11 is 0. The van der Waals surface area contributed by atoms with Gasteiger partial charge in [0.1, 0.15) is 11.6 Å². The Balaban J connectivity index is 1.29. The van der Waals surface area contributed by atoms with Crippen LogP contribution in [0, 0.1) is 29.0 Å². The Bertz CT molecular complexity index is 1010. The molecule has 5 aliphatic rings. The highest BCUT2D eigenvalue weighted by Gasteiger charge is 2.51. The van der Waals surface area contributed by atoms with Gasteiger partial charge in [-0.3, -0.25) is 4.79 Å². The second kappa shape index (κ2) is 9.08. The number of carbonyl (C=O) groups excluding carboxylic acids is 1. The van der Waals surface area contributed by atoms with Crippen LogP contribution in [0.15, 0.2) is 12.1 Å². The molecule has 5 aliphatic carbocycles. The molecule has 1 aromatic carbocycles. The zero-order chi connectivity index (χ0) is 24.1. The highest BCUT2D eigenvalue weighted by atomic mass is 32.2. The predicted molar refractivity (Wildman–Crippen MR) is 127 cm³/mol. The molecule has 1 aromatic rings. The molecular formula is C26H36FNO5S. The summed E-state index contributed by atoms with van der Waals surface area (Å²) in [7, 11) is -3.93. The fourth-order valence-corrected chi connectivity index (χ4v) is 7.73. The van der Waals surface area contributed by atoms with Crippen LogP contribution < -0.4 is 9.46 Å². The molecule has 1 amide bonds. The molecule has 0 spiro atoms. The van der Waals surface area contributed by atoms with Gasteiger partial charge in [-0.1, -0.05) is 0 Å². The van der Waals surface area contributed by atoms with E-state index >= 15 is 4.39 Å². The number of hydrogen-bond acceptors (Lipinski definition) is 5. The van der Waals surface area contributed by atoms with Crippen molar-refractivity contribution < 1.29 is 27.1 Å². The van der Waals surface area contributed by atoms with Crippen LogP contribution in [0.5, 0.6) is 5.75 Å². The van der Waals surface area contributed by atoms with E-state index in [0.717, 1.165) is 36.2 Å². The molecule has 0 heterocycles. The van der Waals surface area contributed by atoms with Crippen LogP contribution >= 0.6 is 0 Å². The van der Waals surface area contributed by atoms with Gasteiger partial charge in [-0.05, 0) is 101 Å². The number of sulfonamides is 1. The average Bonchev–Trinajstić information content (AvgIpc) is 3.55. The van der Waals surface area contributed by atoms with Crippen molar-refractivity contribution in [2.24, 2.45) is 23.2 Å². The lowest BCUT2D eigenvalue weighted by Gasteiger charge is -2.56. The minimum Gasteiger partial charge on any atom is -0.493 e. The summed E-state index contributed by atoms with van der Waals surface area (Å²) in [6, 6.07) is 2.79. The van der Waals surface area contributed by atoms with Crippen molar-refractivity contribution >= 4 is 15.9 Å². The minimum absolute atomic E-state index is 0.0345. The van der Waals surface area contributed by atoms with Gasteiger partial charge >= 0.3 is 0 Å². The van der Waals surface area contributed by atoms with Gasteiger partial charge < -0.3 is 9.47 Å². The third-order valence-electron chi connectivity index (χ3n) is 8.11. The lowest BCUT2D eigenvalue weighted by Crippen LogP contribution is -2.48. The smallest absolute Gasteiger partial charge is 0.267 e. The monoisotopic (exact) mass is 493 g/mol. The summed E-state index contributed by atoms with van der Waals surface area (Å²) in [4.78, 5) is 12.7. The maximum atomic E-state index is 15.0. The van der Waals surface area contributed by atoms with Gasteiger partial charge in [-0.25, -0.2) is 17.5 Å². The van der Waals surface area contributed by atoms with Gasteiger partial charge in [-0.15, -0.1) is 0 Å². The molecule has 0 radical (unpaired) electrons. The summed E-state index contributed by atoms with van der Waals surface area (Å²) in [6.07, 6.45) is 9.51. The molecule has 188 valence electrons. The molecule has 34 heavy (non-hydrogen) atoms. The van der Waals surface area contributed by atoms with Crippen molar-refractivity contribution in [1.82, 2.24) is 4.72 Å². The molecule has 4 bridgehead atoms. The van der Waals surface area contributed by atoms with Gasteiger partial charge in [-0.2, -0.15) is 0 Å². The number of ether oxygens (including phenoxy) is 2. The molecule has 0 unspecified atom stereocenters. The third-order valence-corrected chi connectivity index (χ3v) is 9.31. The van der Waals surface area contributed by atoms with Crippen molar-refractivity contribution in [2.45, 2.75) is 77.2 Å². The quantitative estimate of drug-likeness (QED) is 0.507. The fourth-order valence-electron chi connectivity index (χ4n) is 6.92. The van der Waals surface area contributed by atoms with E-state index in [9.17, 15) is 13.2 Å². The molecule has 5 saturated carbocycles. The third kappa shape index (κ3) is 5.27. The number of nitrogens with one attached hydrogen (secondary N) is 1. The molecule has 1 N–H and O–H groups in total. The fraction of sp³-hybridized carbons (Fsp3) is 0.731. The molecule has 8 heteroatoms. The van der Waals surface area contributed by atoms with E-state index in [1.54, 1.807) is 13.8 Å². The molecule has 6 nitrogen and oxygen atoms in total. The Labute approximate surface area is 202 Å². The maximum absolute atomic E-state index is 15.0. The number of halogens is 1. The summed E-state index contributed by atoms with van der Waals surface area (Å²) in [5.41, 5.74) is 0.767. The van der Waals surface area contributed by atoms with E-state index < -0.39 is 21.7 Å². The van der Waals surface area contributed by atoms with Gasteiger partial charge in [0.05, 0.1) is 30.6 Å². The first-order valence-electron chi connectivity index (χ1n) is 12.7. The summed E-state index contributed by atoms with van der Waals surface area (Å²) in [5, 5.41) is 0. The minimum atomic E-state index is -3.93. The number of rotatable bonds is 10. The molecule has 0 saturated heterocycles. The highest BCUT2D eigenvalue weighted by molar-refractivity contribution is 7.90. The summed E-state index contributed by atoms with van der Waals surface area (Å²) in [6.45, 7) is 4.16. The predicted octanol–water partition coefficient (Wildman–Crippen LogP) is 4.78. The first-order valence-corrected chi connectivity index (χ1v) is 14.4. The van der Waals surface area contributed by atoms with Gasteiger partial charge in [0, 0.05) is 11.5 Å². The van der Waals surface area contributed by atoms with E-state index in [1.807, 2.05) is 4.72 Å². The van der Waals surface area contributed by atoms with Crippen molar-refractivity contribution in [3.05, 3.63) is 29.1 Å². The molecule has 5 fully saturated rings. The Morgan fingerprint density at radius 2 is 1.74 bits per heavy atom. The van der Waals surface area contributed by atoms with E-state index in [2.05, 4.69) is 0 Å². The maximum Gasteiger partial charge on any atom is 0.267 e. The Kier molecular flexibility index (Phi) is 6.42. The first-order chi connectivity index (χ1) is 16.1. The van der Waals surface area contributed by atoms with Crippen LogP contribution in [-0.2, 0) is 14.8 Å². The van der Waals surface area contributed by atoms with Crippen molar-refractivity contribution in [1.29, 1.82) is 0 Å². The Morgan fingerprint density at radius 3 is 2.29 bits per heavy atom. The van der Waals surface area contributed by atoms with Crippen molar-refractivity contribution in [2.75, 3.05) is 19.0 Å². The largest absolute Gasteiger partial charge is 0.493 e. The van der Waals surface area contributed by atoms with E-state index in [4.69, 9.17) is 9.47 Å². The number of amides is 1. The van der Waals surface area contributed by atoms with Gasteiger partial charge in [0.15, 0.2) is 0 Å². The zero-order valence-corrected chi connectivity index (χ0v) is 21.0. The average molecular weight is 494 g/mol. The van der Waals surface area contributed by atoms with E-state index in [1.165, 1.54) is 50.7 Å². The van der Waals surface area contributed by atoms with Gasteiger partial charge in [0.2, 0.25) is 10.0 Å². The number of benzene rings is 1. The lowest BCUT2D eigenvalue weighted by molar-refractivity contribution is -0.0747. The number of hydrogen-bond donors (Lipinski definition) is 1. The van der Waals surface area contributed by atoms with Crippen LogP contribution in [0.3, 0.4) is 0 Å². The first kappa shape index (κ1) is 24.0. The Morgan fingerprint density at radius 1 is 1.12 bits per heavy atom. The second-order valence-electron chi connectivity index (χ2n) is 11.5. The lowest BCUT2D eigenvalue weighted by atomic mass is 9.50. The van der Waals surface area contributed by atoms with Gasteiger partial charge in [0.25, 0.3) is 5.91 Å². The van der Waals surface area contributed by atoms with Crippen LogP contribution in [0.25, 0.3) is 0 Å². The standard InChI is InChI=1S/C26H36FNO5S/c1-16(2)32-5-6-34(30,31)28-25(29)22-10-21(20-3-4-20)24(11-23(22)27)33-15-26-12-17-7-18(13-26)9-19(8-17)14-26/h10-11,16-20H,3-9,12-15H2,1-2H3,(H,28,29). The molecule has 0 aliphatic heterocycles. The summed E-state index contributed by atoms with van der Waals surface area (Å²) in [5.74, 6) is 1.12. The topological polar surface area (TPSA) is 81.7 Å². The van der Waals surface area contributed by atoms with Crippen LogP contribution in [0.2, 0.25) is 0 Å². The molecule has 0 aromatic heterocycles. The summed E-state index contributed by atoms with van der Waals surface area (Å²) < 4.78 is 53.1. The van der Waals surface area contributed by atoms with E-state index in [-0.39, 0.29) is 35.4 Å². The highest BCUT2D eigenvalue weighted by Crippen LogP contribution is 2.60. The van der Waals surface area contributed by atoms with Crippen LogP contribution in [-0.4, -0.2) is 39.4 Å². The van der Waals surface area contributed by atoms with Crippen molar-refractivity contribution in [3.63, 3.8) is 0 Å². The SMILES string of the molecule is CC(C)OCCS(=O)(=O)NC(=O)c1cc(C2CC2)c(OCC23CC4CC(CC(C4)C2)C3)cc1F. The van der Waals surface area contributed by atoms with Crippen LogP contribution in [0.1, 0.15) is 87.1 Å². The van der Waals surface area contributed by atoms with Crippen molar-refractivity contribution in [3.8, 4) is 5.75 Å². The molecule has 0 atom stereocenters. The second-order valence-corrected chi connectivity index (χ2v) is 13.4. The number of carbonyl (C=O) groups is 1. The normalized spacial score (nSPS) is 30.1. The zero-order valence-electron chi connectivity index (χ0n) is 20.1. The van der Waals surface area contributed by atoms with E-state index in [0.29, 0.717) is 12.4 Å².